The average Bonchev–Trinajstić information content (AvgIpc) is 3.41. The zero-order valence-electron chi connectivity index (χ0n) is 45.6. The van der Waals surface area contributed by atoms with E-state index in [1.165, 1.54) is 117 Å². The third-order valence-electron chi connectivity index (χ3n) is 16.3. The average molecular weight is 975 g/mol. The van der Waals surface area contributed by atoms with Crippen LogP contribution in [0.15, 0.2) is 194 Å². The first kappa shape index (κ1) is 48.1. The molecule has 10 aromatic carbocycles. The summed E-state index contributed by atoms with van der Waals surface area (Å²) in [5, 5.41) is 4.90. The molecule has 1 unspecified atom stereocenters. The predicted octanol–water partition coefficient (Wildman–Crippen LogP) is 17.8. The van der Waals surface area contributed by atoms with E-state index < -0.39 is 6.71 Å². The number of hydrogen-bond donors (Lipinski definition) is 0. The summed E-state index contributed by atoms with van der Waals surface area (Å²) >= 11 is 0. The number of fused-ring (bicyclic) bond motifs is 6. The number of anilines is 9. The molecule has 2 aliphatic rings. The molecule has 0 saturated heterocycles. The van der Waals surface area contributed by atoms with E-state index in [1.54, 1.807) is 0 Å². The molecule has 0 radical (unpaired) electrons. The third-order valence-corrected chi connectivity index (χ3v) is 16.3. The zero-order chi connectivity index (χ0) is 51.9. The lowest BCUT2D eigenvalue weighted by atomic mass is 9.33. The second-order valence-electron chi connectivity index (χ2n) is 23.9. The standard InChI is InChI=1S/C71H69BN3/c1-11-12-17-49-40-67-69-68(41-49)75(64-35-27-56(71(8,9)10)44-61(64)54-37-47(3)36-48(4)38-54)66-45-60(73(58-28-23-50-18-13-15-20-52(50)42-58)59-29-24-51-19-14-16-21-53(51)43-59)32-33-62(66)72(69)63-39-46(2)22-34-65(63)74(67)57-30-25-55(26-31-57)70(5,6)7/h13-16,18-45,72H,11-12,17H2,1-10H3/q-1. The van der Waals surface area contributed by atoms with Crippen LogP contribution in [0, 0.1) is 20.8 Å². The molecule has 1 atom stereocenters. The highest BCUT2D eigenvalue weighted by Gasteiger charge is 2.38. The van der Waals surface area contributed by atoms with Crippen LogP contribution in [0.25, 0.3) is 32.7 Å². The molecular formula is C71H69BN3-. The highest BCUT2D eigenvalue weighted by molar-refractivity contribution is 7.00. The molecule has 75 heavy (non-hydrogen) atoms. The summed E-state index contributed by atoms with van der Waals surface area (Å²) in [6.45, 7) is 21.7. The molecule has 372 valence electrons. The van der Waals surface area contributed by atoms with E-state index in [0.29, 0.717) is 0 Å². The maximum Gasteiger partial charge on any atom is 0.0769 e. The van der Waals surface area contributed by atoms with Crippen LogP contribution in [-0.2, 0) is 17.3 Å². The number of benzene rings is 10. The van der Waals surface area contributed by atoms with E-state index in [1.807, 2.05) is 0 Å². The van der Waals surface area contributed by atoms with Gasteiger partial charge in [-0.1, -0.05) is 187 Å². The first-order valence-corrected chi connectivity index (χ1v) is 27.4. The van der Waals surface area contributed by atoms with Crippen molar-refractivity contribution in [1.82, 2.24) is 0 Å². The maximum atomic E-state index is 2.69. The summed E-state index contributed by atoms with van der Waals surface area (Å²) in [7, 11) is 0. The summed E-state index contributed by atoms with van der Waals surface area (Å²) in [6.07, 6.45) is 3.24. The van der Waals surface area contributed by atoms with Crippen molar-refractivity contribution in [1.29, 1.82) is 0 Å². The number of nitrogens with zero attached hydrogens (tertiary/aromatic N) is 3. The molecule has 0 saturated carbocycles. The molecule has 0 aromatic heterocycles. The third kappa shape index (κ3) is 8.69. The van der Waals surface area contributed by atoms with Crippen LogP contribution in [0.5, 0.6) is 0 Å². The molecule has 0 spiro atoms. The Kier molecular flexibility index (Phi) is 11.9. The maximum absolute atomic E-state index is 2.69. The Morgan fingerprint density at radius 1 is 0.427 bits per heavy atom. The minimum Gasteiger partial charge on any atom is -0.317 e. The fourth-order valence-corrected chi connectivity index (χ4v) is 12.5. The minimum atomic E-state index is -1.33. The fourth-order valence-electron chi connectivity index (χ4n) is 12.5. The van der Waals surface area contributed by atoms with Crippen molar-refractivity contribution in [3.8, 4) is 11.1 Å². The second-order valence-corrected chi connectivity index (χ2v) is 23.9. The van der Waals surface area contributed by atoms with E-state index in [2.05, 4.69) is 278 Å². The molecule has 12 rings (SSSR count). The van der Waals surface area contributed by atoms with Crippen LogP contribution in [0.3, 0.4) is 0 Å². The van der Waals surface area contributed by atoms with Gasteiger partial charge in [-0.05, 0) is 167 Å². The van der Waals surface area contributed by atoms with Crippen LogP contribution in [0.2, 0.25) is 0 Å². The van der Waals surface area contributed by atoms with Crippen molar-refractivity contribution in [2.45, 2.75) is 99.3 Å². The van der Waals surface area contributed by atoms with Crippen molar-refractivity contribution in [3.63, 3.8) is 0 Å². The number of hydrogen-bond acceptors (Lipinski definition) is 3. The van der Waals surface area contributed by atoms with Gasteiger partial charge in [-0.25, -0.2) is 0 Å². The number of unbranched alkanes of at least 4 members (excludes halogenated alkanes) is 1. The van der Waals surface area contributed by atoms with Crippen molar-refractivity contribution in [2.75, 3.05) is 14.7 Å². The van der Waals surface area contributed by atoms with Gasteiger partial charge in [0.1, 0.15) is 0 Å². The molecule has 10 aromatic rings. The Hall–Kier alpha value is -7.82. The monoisotopic (exact) mass is 975 g/mol. The minimum absolute atomic E-state index is 0.0429. The Morgan fingerprint density at radius 2 is 0.987 bits per heavy atom. The fraction of sp³-hybridized carbons (Fsp3) is 0.211. The molecule has 0 N–H and O–H groups in total. The van der Waals surface area contributed by atoms with Gasteiger partial charge in [0.15, 0.2) is 0 Å². The SMILES string of the molecule is CCCCc1cc2c3c(c1)N(c1ccc(C(C)(C)C)cc1-c1cc(C)cc(C)c1)c1cc(N(c4ccc5ccccc5c4)c4ccc5ccccc5c4)ccc1[BH-]3c1cc(C)ccc1N2c1ccc(C(C)(C)C)cc1. The van der Waals surface area contributed by atoms with Crippen molar-refractivity contribution in [2.24, 2.45) is 0 Å². The summed E-state index contributed by atoms with van der Waals surface area (Å²) in [6, 6.07) is 75.0. The molecule has 3 nitrogen and oxygen atoms in total. The van der Waals surface area contributed by atoms with Gasteiger partial charge in [0, 0.05) is 51.1 Å². The van der Waals surface area contributed by atoms with E-state index in [-0.39, 0.29) is 10.8 Å². The Bertz CT molecular complexity index is 3750. The van der Waals surface area contributed by atoms with Gasteiger partial charge >= 0.3 is 0 Å². The molecule has 2 aliphatic heterocycles. The molecule has 4 heteroatoms. The first-order chi connectivity index (χ1) is 36.1. The smallest absolute Gasteiger partial charge is 0.0769 e. The van der Waals surface area contributed by atoms with Gasteiger partial charge in [-0.2, -0.15) is 16.4 Å². The Labute approximate surface area is 446 Å². The Balaban J connectivity index is 1.19. The van der Waals surface area contributed by atoms with Gasteiger partial charge in [-0.3, -0.25) is 0 Å². The van der Waals surface area contributed by atoms with Gasteiger partial charge in [0.2, 0.25) is 0 Å². The lowest BCUT2D eigenvalue weighted by Crippen LogP contribution is -2.61. The second kappa shape index (κ2) is 18.5. The lowest BCUT2D eigenvalue weighted by molar-refractivity contribution is 0.590. The van der Waals surface area contributed by atoms with E-state index >= 15 is 0 Å². The molecule has 0 aliphatic carbocycles. The van der Waals surface area contributed by atoms with Crippen LogP contribution in [0.1, 0.15) is 94.7 Å². The summed E-state index contributed by atoms with van der Waals surface area (Å²) in [5.74, 6) is 0. The van der Waals surface area contributed by atoms with Crippen LogP contribution < -0.4 is 31.1 Å². The number of rotatable bonds is 9. The van der Waals surface area contributed by atoms with Crippen molar-refractivity contribution < 1.29 is 0 Å². The normalized spacial score (nSPS) is 14.0. The molecule has 2 heterocycles. The van der Waals surface area contributed by atoms with Crippen molar-refractivity contribution in [3.05, 3.63) is 228 Å². The molecular weight excluding hydrogens is 906 g/mol. The van der Waals surface area contributed by atoms with Gasteiger partial charge < -0.3 is 14.7 Å². The molecule has 0 bridgehead atoms. The van der Waals surface area contributed by atoms with E-state index in [0.717, 1.165) is 36.3 Å². The molecule has 0 fully saturated rings. The highest BCUT2D eigenvalue weighted by atomic mass is 15.2. The highest BCUT2D eigenvalue weighted by Crippen LogP contribution is 2.50. The summed E-state index contributed by atoms with van der Waals surface area (Å²) in [4.78, 5) is 7.78. The Morgan fingerprint density at radius 3 is 1.60 bits per heavy atom. The first-order valence-electron chi connectivity index (χ1n) is 27.4. The summed E-state index contributed by atoms with van der Waals surface area (Å²) in [5.41, 5.74) is 25.4. The number of aryl methyl sites for hydroxylation is 4. The van der Waals surface area contributed by atoms with Gasteiger partial charge in [0.25, 0.3) is 0 Å². The van der Waals surface area contributed by atoms with E-state index in [4.69, 9.17) is 0 Å². The van der Waals surface area contributed by atoms with Gasteiger partial charge in [0.05, 0.1) is 12.4 Å². The topological polar surface area (TPSA) is 9.72 Å². The van der Waals surface area contributed by atoms with Crippen LogP contribution >= 0.6 is 0 Å². The van der Waals surface area contributed by atoms with E-state index in [9.17, 15) is 0 Å². The largest absolute Gasteiger partial charge is 0.317 e. The van der Waals surface area contributed by atoms with Crippen molar-refractivity contribution >= 4 is 95.8 Å². The zero-order valence-corrected chi connectivity index (χ0v) is 45.6. The quantitative estimate of drug-likeness (QED) is 0.133. The molecule has 0 amide bonds. The van der Waals surface area contributed by atoms with Crippen LogP contribution in [0.4, 0.5) is 51.2 Å². The van der Waals surface area contributed by atoms with Crippen LogP contribution in [-0.4, -0.2) is 6.71 Å². The summed E-state index contributed by atoms with van der Waals surface area (Å²) < 4.78 is 0. The van der Waals surface area contributed by atoms with Gasteiger partial charge in [-0.15, -0.1) is 0 Å². The predicted molar refractivity (Wildman–Crippen MR) is 327 cm³/mol. The lowest BCUT2D eigenvalue weighted by Gasteiger charge is -2.51.